The molecule has 0 aromatic heterocycles. The molecule has 0 spiro atoms. The fraction of sp³-hybridized carbons (Fsp3) is 0.273. The maximum atomic E-state index is 13.6. The van der Waals surface area contributed by atoms with Crippen molar-refractivity contribution in [1.82, 2.24) is 4.90 Å². The molecule has 5 nitrogen and oxygen atoms in total. The number of halogens is 2. The zero-order valence-electron chi connectivity index (χ0n) is 16.2. The lowest BCUT2D eigenvalue weighted by molar-refractivity contribution is -0.121. The van der Waals surface area contributed by atoms with Gasteiger partial charge in [-0.3, -0.25) is 9.59 Å². The van der Waals surface area contributed by atoms with Crippen molar-refractivity contribution in [2.75, 3.05) is 31.2 Å². The van der Waals surface area contributed by atoms with Crippen LogP contribution in [0.25, 0.3) is 5.57 Å². The highest BCUT2D eigenvalue weighted by Crippen LogP contribution is 2.39. The number of hydrogen-bond acceptors (Lipinski definition) is 4. The standard InChI is InChI=1S/C22H20Cl2N2O3/c1-13-3-4-14(2)18(11-13)26-21(27)19(16-6-5-15(23)12-17(16)24)20(22(26)28)25-7-9-29-10-8-25/h3-6,11-12H,7-10H2,1-2H3. The first-order chi connectivity index (χ1) is 13.9. The van der Waals surface area contributed by atoms with Crippen molar-refractivity contribution in [3.63, 3.8) is 0 Å². The molecule has 2 heterocycles. The van der Waals surface area contributed by atoms with E-state index in [9.17, 15) is 9.59 Å². The average Bonchev–Trinajstić information content (AvgIpc) is 2.95. The van der Waals surface area contributed by atoms with Crippen molar-refractivity contribution < 1.29 is 14.3 Å². The summed E-state index contributed by atoms with van der Waals surface area (Å²) in [5, 5.41) is 0.803. The Kier molecular flexibility index (Phi) is 5.38. The van der Waals surface area contributed by atoms with Gasteiger partial charge < -0.3 is 9.64 Å². The van der Waals surface area contributed by atoms with Crippen molar-refractivity contribution in [2.45, 2.75) is 13.8 Å². The third-order valence-corrected chi connectivity index (χ3v) is 5.74. The van der Waals surface area contributed by atoms with Gasteiger partial charge in [0.2, 0.25) is 0 Å². The number of benzene rings is 2. The predicted octanol–water partition coefficient (Wildman–Crippen LogP) is 4.23. The Labute approximate surface area is 179 Å². The van der Waals surface area contributed by atoms with Crippen LogP contribution in [-0.4, -0.2) is 43.0 Å². The number of rotatable bonds is 3. The maximum Gasteiger partial charge on any atom is 0.282 e. The van der Waals surface area contributed by atoms with Crippen LogP contribution in [0.15, 0.2) is 42.1 Å². The Morgan fingerprint density at radius 1 is 0.931 bits per heavy atom. The molecule has 2 amide bonds. The van der Waals surface area contributed by atoms with Crippen molar-refractivity contribution in [3.8, 4) is 0 Å². The fourth-order valence-electron chi connectivity index (χ4n) is 3.71. The van der Waals surface area contributed by atoms with Gasteiger partial charge in [-0.2, -0.15) is 0 Å². The van der Waals surface area contributed by atoms with Crippen LogP contribution in [0, 0.1) is 13.8 Å². The normalized spacial score (nSPS) is 17.5. The van der Waals surface area contributed by atoms with Crippen LogP contribution in [0.4, 0.5) is 5.69 Å². The highest BCUT2D eigenvalue weighted by molar-refractivity contribution is 6.47. The van der Waals surface area contributed by atoms with Gasteiger partial charge in [-0.15, -0.1) is 0 Å². The first kappa shape index (κ1) is 20.0. The van der Waals surface area contributed by atoms with Crippen LogP contribution in [0.1, 0.15) is 16.7 Å². The summed E-state index contributed by atoms with van der Waals surface area (Å²) in [6.07, 6.45) is 0. The number of hydrogen-bond donors (Lipinski definition) is 0. The summed E-state index contributed by atoms with van der Waals surface area (Å²) in [4.78, 5) is 30.3. The predicted molar refractivity (Wildman–Crippen MR) is 114 cm³/mol. The number of anilines is 1. The molecule has 0 radical (unpaired) electrons. The Balaban J connectivity index is 1.89. The number of aryl methyl sites for hydroxylation is 2. The Hall–Kier alpha value is -2.34. The van der Waals surface area contributed by atoms with E-state index in [4.69, 9.17) is 27.9 Å². The molecule has 2 aromatic rings. The number of amides is 2. The molecule has 2 aliphatic heterocycles. The molecule has 0 unspecified atom stereocenters. The van der Waals surface area contributed by atoms with Gasteiger partial charge in [-0.05, 0) is 43.2 Å². The summed E-state index contributed by atoms with van der Waals surface area (Å²) in [6.45, 7) is 5.87. The third-order valence-electron chi connectivity index (χ3n) is 5.19. The monoisotopic (exact) mass is 430 g/mol. The summed E-state index contributed by atoms with van der Waals surface area (Å²) in [6, 6.07) is 10.7. The van der Waals surface area contributed by atoms with Gasteiger partial charge in [0, 0.05) is 23.7 Å². The molecule has 2 aliphatic rings. The van der Waals surface area contributed by atoms with Crippen molar-refractivity contribution in [1.29, 1.82) is 0 Å². The molecule has 0 aliphatic carbocycles. The SMILES string of the molecule is Cc1ccc(C)c(N2C(=O)C(c3ccc(Cl)cc3Cl)=C(N3CCOCC3)C2=O)c1. The summed E-state index contributed by atoms with van der Waals surface area (Å²) in [5.41, 5.74) is 3.58. The maximum absolute atomic E-state index is 13.6. The zero-order valence-corrected chi connectivity index (χ0v) is 17.7. The van der Waals surface area contributed by atoms with Crippen molar-refractivity contribution in [2.24, 2.45) is 0 Å². The van der Waals surface area contributed by atoms with E-state index in [1.165, 1.54) is 4.90 Å². The summed E-state index contributed by atoms with van der Waals surface area (Å²) < 4.78 is 5.43. The molecule has 0 N–H and O–H groups in total. The van der Waals surface area contributed by atoms with Crippen LogP contribution >= 0.6 is 23.2 Å². The van der Waals surface area contributed by atoms with E-state index < -0.39 is 0 Å². The van der Waals surface area contributed by atoms with Gasteiger partial charge in [-0.25, -0.2) is 4.90 Å². The fourth-order valence-corrected chi connectivity index (χ4v) is 4.22. The molecule has 0 atom stereocenters. The quantitative estimate of drug-likeness (QED) is 0.683. The number of morpholine rings is 1. The van der Waals surface area contributed by atoms with Gasteiger partial charge in [0.05, 0.1) is 29.5 Å². The second-order valence-corrected chi connectivity index (χ2v) is 8.03. The molecule has 0 saturated carbocycles. The Bertz CT molecular complexity index is 1040. The minimum absolute atomic E-state index is 0.305. The smallest absolute Gasteiger partial charge is 0.282 e. The largest absolute Gasteiger partial charge is 0.378 e. The van der Waals surface area contributed by atoms with Gasteiger partial charge in [0.1, 0.15) is 5.70 Å². The summed E-state index contributed by atoms with van der Waals surface area (Å²) in [5.74, 6) is -0.721. The number of nitrogens with zero attached hydrogens (tertiary/aromatic N) is 2. The summed E-state index contributed by atoms with van der Waals surface area (Å²) in [7, 11) is 0. The average molecular weight is 431 g/mol. The van der Waals surface area contributed by atoms with Gasteiger partial charge >= 0.3 is 0 Å². The summed E-state index contributed by atoms with van der Waals surface area (Å²) >= 11 is 12.5. The van der Waals surface area contributed by atoms with Crippen molar-refractivity contribution >= 4 is 46.3 Å². The van der Waals surface area contributed by atoms with Crippen LogP contribution in [-0.2, 0) is 14.3 Å². The van der Waals surface area contributed by atoms with E-state index in [-0.39, 0.29) is 11.8 Å². The molecule has 2 aromatic carbocycles. The van der Waals surface area contributed by atoms with E-state index in [1.807, 2.05) is 36.9 Å². The first-order valence-corrected chi connectivity index (χ1v) is 10.1. The van der Waals surface area contributed by atoms with E-state index >= 15 is 0 Å². The van der Waals surface area contributed by atoms with E-state index in [0.29, 0.717) is 58.9 Å². The Morgan fingerprint density at radius 2 is 1.66 bits per heavy atom. The highest BCUT2D eigenvalue weighted by atomic mass is 35.5. The highest BCUT2D eigenvalue weighted by Gasteiger charge is 2.43. The van der Waals surface area contributed by atoms with E-state index in [2.05, 4.69) is 0 Å². The molecule has 4 rings (SSSR count). The molecule has 7 heteroatoms. The minimum Gasteiger partial charge on any atom is -0.378 e. The van der Waals surface area contributed by atoms with E-state index in [1.54, 1.807) is 18.2 Å². The molecular weight excluding hydrogens is 411 g/mol. The molecule has 1 fully saturated rings. The van der Waals surface area contributed by atoms with Crippen LogP contribution in [0.2, 0.25) is 10.0 Å². The van der Waals surface area contributed by atoms with Gasteiger partial charge in [0.25, 0.3) is 11.8 Å². The number of carbonyl (C=O) groups is 2. The molecule has 0 bridgehead atoms. The van der Waals surface area contributed by atoms with Gasteiger partial charge in [-0.1, -0.05) is 41.4 Å². The first-order valence-electron chi connectivity index (χ1n) is 9.37. The number of ether oxygens (including phenoxy) is 1. The topological polar surface area (TPSA) is 49.9 Å². The Morgan fingerprint density at radius 3 is 2.34 bits per heavy atom. The zero-order chi connectivity index (χ0) is 20.7. The lowest BCUT2D eigenvalue weighted by atomic mass is 10.0. The van der Waals surface area contributed by atoms with Crippen LogP contribution in [0.3, 0.4) is 0 Å². The number of imide groups is 1. The van der Waals surface area contributed by atoms with Crippen molar-refractivity contribution in [3.05, 3.63) is 68.8 Å². The van der Waals surface area contributed by atoms with Crippen LogP contribution < -0.4 is 4.90 Å². The second-order valence-electron chi connectivity index (χ2n) is 7.18. The third kappa shape index (κ3) is 3.54. The molecule has 29 heavy (non-hydrogen) atoms. The van der Waals surface area contributed by atoms with Crippen LogP contribution in [0.5, 0.6) is 0 Å². The number of carbonyl (C=O) groups excluding carboxylic acids is 2. The molecule has 1 saturated heterocycles. The lowest BCUT2D eigenvalue weighted by Crippen LogP contribution is -2.40. The lowest BCUT2D eigenvalue weighted by Gasteiger charge is -2.29. The second kappa shape index (κ2) is 7.82. The van der Waals surface area contributed by atoms with Gasteiger partial charge in [0.15, 0.2) is 0 Å². The minimum atomic E-state index is -0.380. The van der Waals surface area contributed by atoms with E-state index in [0.717, 1.165) is 11.1 Å². The molecule has 150 valence electrons. The molecular formula is C22H20Cl2N2O3.